The summed E-state index contributed by atoms with van der Waals surface area (Å²) in [6.45, 7) is 2.48. The maximum atomic E-state index is 10.9. The van der Waals surface area contributed by atoms with E-state index < -0.39 is 5.97 Å². The van der Waals surface area contributed by atoms with Crippen LogP contribution in [0.25, 0.3) is 16.7 Å². The van der Waals surface area contributed by atoms with E-state index in [1.54, 1.807) is 6.33 Å². The van der Waals surface area contributed by atoms with Crippen LogP contribution in [-0.4, -0.2) is 36.0 Å². The summed E-state index contributed by atoms with van der Waals surface area (Å²) >= 11 is 1.09. The third-order valence-corrected chi connectivity index (χ3v) is 5.05. The van der Waals surface area contributed by atoms with Crippen LogP contribution in [0.2, 0.25) is 0 Å². The second-order valence-corrected chi connectivity index (χ2v) is 7.03. The van der Waals surface area contributed by atoms with Crippen LogP contribution in [0.1, 0.15) is 11.4 Å². The van der Waals surface area contributed by atoms with Crippen LogP contribution >= 0.6 is 11.8 Å². The predicted octanol–water partition coefficient (Wildman–Crippen LogP) is 1.82. The van der Waals surface area contributed by atoms with Gasteiger partial charge in [0, 0.05) is 11.4 Å². The smallest absolute Gasteiger partial charge is 0.196 e. The molecule has 0 saturated carbocycles. The summed E-state index contributed by atoms with van der Waals surface area (Å²) in [6, 6.07) is 15.8. The van der Waals surface area contributed by atoms with Gasteiger partial charge in [0.2, 0.25) is 0 Å². The van der Waals surface area contributed by atoms with Crippen molar-refractivity contribution in [1.29, 1.82) is 0 Å². The number of hydrogen-bond acceptors (Lipinski definition) is 6. The summed E-state index contributed by atoms with van der Waals surface area (Å²) in [6.07, 6.45) is 1.77. The number of carboxylic acid groups (broad SMARTS) is 1. The highest BCUT2D eigenvalue weighted by Gasteiger charge is 2.16. The number of aliphatic carboxylic acids is 1. The minimum atomic E-state index is -1.14. The minimum absolute atomic E-state index is 0.183. The number of aryl methyl sites for hydroxylation is 1. The standard InChI is InChI=1S/C19H17N5O2S/c1-13-6-8-14(9-7-13)24-17(21-22-19(24)27-11-18(25)26)10-23-12-20-15-4-2-3-5-16(15)23/h2-9,12H,10-11H2,1H3,(H,25,26)/p-1. The van der Waals surface area contributed by atoms with Gasteiger partial charge in [0.05, 0.1) is 29.9 Å². The minimum Gasteiger partial charge on any atom is -0.549 e. The van der Waals surface area contributed by atoms with Gasteiger partial charge in [-0.2, -0.15) is 0 Å². The highest BCUT2D eigenvalue weighted by Crippen LogP contribution is 2.23. The number of nitrogens with zero attached hydrogens (tertiary/aromatic N) is 5. The molecular formula is C19H16N5O2S-. The van der Waals surface area contributed by atoms with Gasteiger partial charge >= 0.3 is 0 Å². The first-order valence-corrected chi connectivity index (χ1v) is 9.34. The van der Waals surface area contributed by atoms with Crippen molar-refractivity contribution in [2.75, 3.05) is 5.75 Å². The van der Waals surface area contributed by atoms with E-state index >= 15 is 0 Å². The lowest BCUT2D eigenvalue weighted by Gasteiger charge is -2.11. The monoisotopic (exact) mass is 378 g/mol. The highest BCUT2D eigenvalue weighted by molar-refractivity contribution is 7.99. The van der Waals surface area contributed by atoms with Gasteiger partial charge in [0.15, 0.2) is 11.0 Å². The molecule has 0 aliphatic carbocycles. The molecule has 27 heavy (non-hydrogen) atoms. The summed E-state index contributed by atoms with van der Waals surface area (Å²) in [7, 11) is 0. The molecule has 0 atom stereocenters. The number of aromatic nitrogens is 5. The van der Waals surface area contributed by atoms with Crippen molar-refractivity contribution < 1.29 is 9.90 Å². The molecule has 2 heterocycles. The number of carboxylic acids is 1. The van der Waals surface area contributed by atoms with Crippen LogP contribution in [0.5, 0.6) is 0 Å². The molecule has 0 fully saturated rings. The van der Waals surface area contributed by atoms with Crippen molar-refractivity contribution in [1.82, 2.24) is 24.3 Å². The fourth-order valence-electron chi connectivity index (χ4n) is 2.86. The normalized spacial score (nSPS) is 11.1. The number of rotatable bonds is 6. The lowest BCUT2D eigenvalue weighted by Crippen LogP contribution is -2.24. The van der Waals surface area contributed by atoms with Gasteiger partial charge in [0.25, 0.3) is 0 Å². The number of carbonyl (C=O) groups is 1. The average molecular weight is 378 g/mol. The largest absolute Gasteiger partial charge is 0.549 e. The van der Waals surface area contributed by atoms with Crippen molar-refractivity contribution >= 4 is 28.8 Å². The molecule has 4 aromatic rings. The zero-order chi connectivity index (χ0) is 18.8. The zero-order valence-corrected chi connectivity index (χ0v) is 15.4. The predicted molar refractivity (Wildman–Crippen MR) is 101 cm³/mol. The second-order valence-electron chi connectivity index (χ2n) is 6.09. The molecule has 0 radical (unpaired) electrons. The Hall–Kier alpha value is -3.13. The first kappa shape index (κ1) is 17.3. The first-order chi connectivity index (χ1) is 13.1. The van der Waals surface area contributed by atoms with Gasteiger partial charge in [-0.25, -0.2) is 4.98 Å². The summed E-state index contributed by atoms with van der Waals surface area (Å²) in [5.41, 5.74) is 3.93. The molecule has 0 aliphatic heterocycles. The van der Waals surface area contributed by atoms with E-state index in [0.717, 1.165) is 34.0 Å². The van der Waals surface area contributed by atoms with Gasteiger partial charge in [-0.05, 0) is 31.2 Å². The number of benzene rings is 2. The molecule has 2 aromatic carbocycles. The molecule has 0 saturated heterocycles. The molecule has 0 aliphatic rings. The molecule has 4 rings (SSSR count). The maximum Gasteiger partial charge on any atom is 0.196 e. The molecule has 0 amide bonds. The van der Waals surface area contributed by atoms with Gasteiger partial charge in [0.1, 0.15) is 0 Å². The SMILES string of the molecule is Cc1ccc(-n2c(Cn3cnc4ccccc43)nnc2SCC(=O)[O-])cc1. The Morgan fingerprint density at radius 1 is 1.11 bits per heavy atom. The Balaban J connectivity index is 1.75. The van der Waals surface area contributed by atoms with Crippen LogP contribution in [0.3, 0.4) is 0 Å². The highest BCUT2D eigenvalue weighted by atomic mass is 32.2. The quantitative estimate of drug-likeness (QED) is 0.476. The summed E-state index contributed by atoms with van der Waals surface area (Å²) < 4.78 is 3.87. The van der Waals surface area contributed by atoms with Crippen molar-refractivity contribution in [3.63, 3.8) is 0 Å². The van der Waals surface area contributed by atoms with Gasteiger partial charge in [-0.1, -0.05) is 41.6 Å². The van der Waals surface area contributed by atoms with E-state index in [9.17, 15) is 9.90 Å². The number of para-hydroxylation sites is 2. The van der Waals surface area contributed by atoms with Crippen LogP contribution in [0.15, 0.2) is 60.0 Å². The third kappa shape index (κ3) is 3.56. The molecule has 2 aromatic heterocycles. The molecular weight excluding hydrogens is 362 g/mol. The molecule has 136 valence electrons. The topological polar surface area (TPSA) is 88.7 Å². The Morgan fingerprint density at radius 2 is 1.89 bits per heavy atom. The lowest BCUT2D eigenvalue weighted by atomic mass is 10.2. The van der Waals surface area contributed by atoms with Crippen LogP contribution < -0.4 is 5.11 Å². The number of thioether (sulfide) groups is 1. The van der Waals surface area contributed by atoms with E-state index in [4.69, 9.17) is 0 Å². The number of hydrogen-bond donors (Lipinski definition) is 0. The number of imidazole rings is 1. The maximum absolute atomic E-state index is 10.9. The molecule has 0 N–H and O–H groups in total. The molecule has 0 spiro atoms. The van der Waals surface area contributed by atoms with Crippen molar-refractivity contribution in [2.24, 2.45) is 0 Å². The molecule has 8 heteroatoms. The Kier molecular flexibility index (Phi) is 4.64. The third-order valence-electron chi connectivity index (χ3n) is 4.15. The first-order valence-electron chi connectivity index (χ1n) is 8.35. The van der Waals surface area contributed by atoms with Crippen molar-refractivity contribution in [3.05, 3.63) is 66.2 Å². The van der Waals surface area contributed by atoms with E-state index in [1.807, 2.05) is 64.6 Å². The fraction of sp³-hybridized carbons (Fsp3) is 0.158. The van der Waals surface area contributed by atoms with E-state index in [-0.39, 0.29) is 5.75 Å². The van der Waals surface area contributed by atoms with Crippen molar-refractivity contribution in [2.45, 2.75) is 18.6 Å². The van der Waals surface area contributed by atoms with Gasteiger partial charge < -0.3 is 14.5 Å². The lowest BCUT2D eigenvalue weighted by molar-refractivity contribution is -0.301. The summed E-state index contributed by atoms with van der Waals surface area (Å²) in [4.78, 5) is 15.3. The zero-order valence-electron chi connectivity index (χ0n) is 14.6. The van der Waals surface area contributed by atoms with Crippen LogP contribution in [0, 0.1) is 6.92 Å². The second kappa shape index (κ2) is 7.24. The number of carbonyl (C=O) groups excluding carboxylic acids is 1. The van der Waals surface area contributed by atoms with E-state index in [2.05, 4.69) is 15.2 Å². The number of fused-ring (bicyclic) bond motifs is 1. The molecule has 0 bridgehead atoms. The van der Waals surface area contributed by atoms with E-state index in [1.165, 1.54) is 0 Å². The van der Waals surface area contributed by atoms with Crippen molar-refractivity contribution in [3.8, 4) is 5.69 Å². The van der Waals surface area contributed by atoms with Crippen LogP contribution in [0.4, 0.5) is 0 Å². The Morgan fingerprint density at radius 3 is 2.67 bits per heavy atom. The van der Waals surface area contributed by atoms with Gasteiger partial charge in [-0.3, -0.25) is 4.57 Å². The fourth-order valence-corrected chi connectivity index (χ4v) is 3.55. The summed E-state index contributed by atoms with van der Waals surface area (Å²) in [5, 5.41) is 19.9. The summed E-state index contributed by atoms with van der Waals surface area (Å²) in [5.74, 6) is -0.624. The molecule has 7 nitrogen and oxygen atoms in total. The van der Waals surface area contributed by atoms with Crippen LogP contribution in [-0.2, 0) is 11.3 Å². The Labute approximate surface area is 159 Å². The van der Waals surface area contributed by atoms with E-state index in [0.29, 0.717) is 17.5 Å². The molecule has 0 unspecified atom stereocenters. The Bertz CT molecular complexity index is 1100. The van der Waals surface area contributed by atoms with Gasteiger partial charge in [-0.15, -0.1) is 10.2 Å². The average Bonchev–Trinajstić information content (AvgIpc) is 3.26.